The van der Waals surface area contributed by atoms with Crippen LogP contribution >= 0.6 is 0 Å². The Labute approximate surface area is 222 Å². The van der Waals surface area contributed by atoms with Gasteiger partial charge >= 0.3 is 0 Å². The molecule has 0 aliphatic carbocycles. The molecule has 1 amide bonds. The lowest BCUT2D eigenvalue weighted by Gasteiger charge is -2.10. The second kappa shape index (κ2) is 10.1. The third-order valence-electron chi connectivity index (χ3n) is 6.02. The van der Waals surface area contributed by atoms with Gasteiger partial charge in [0.2, 0.25) is 5.88 Å². The van der Waals surface area contributed by atoms with E-state index >= 15 is 0 Å². The summed E-state index contributed by atoms with van der Waals surface area (Å²) in [7, 11) is 0. The Kier molecular flexibility index (Phi) is 6.15. The van der Waals surface area contributed by atoms with E-state index < -0.39 is 0 Å². The Balaban J connectivity index is 1.31. The molecule has 0 saturated heterocycles. The highest BCUT2D eigenvalue weighted by atomic mass is 16.6. The summed E-state index contributed by atoms with van der Waals surface area (Å²) in [5.74, 6) is 1.17. The summed E-state index contributed by atoms with van der Waals surface area (Å²) >= 11 is 0. The van der Waals surface area contributed by atoms with E-state index in [4.69, 9.17) is 20.8 Å². The van der Waals surface area contributed by atoms with Crippen LogP contribution in [0.5, 0.6) is 11.6 Å². The molecule has 39 heavy (non-hydrogen) atoms. The maximum atomic E-state index is 12.7. The summed E-state index contributed by atoms with van der Waals surface area (Å²) in [5.41, 5.74) is 16.1. The van der Waals surface area contributed by atoms with E-state index in [1.165, 1.54) is 0 Å². The highest BCUT2D eigenvalue weighted by Crippen LogP contribution is 2.32. The van der Waals surface area contributed by atoms with Gasteiger partial charge in [0.1, 0.15) is 11.3 Å². The molecule has 3 aromatic carbocycles. The summed E-state index contributed by atoms with van der Waals surface area (Å²) in [5, 5.41) is 10.5. The molecule has 0 unspecified atom stereocenters. The van der Waals surface area contributed by atoms with Crippen molar-refractivity contribution in [2.75, 3.05) is 11.1 Å². The van der Waals surface area contributed by atoms with Crippen LogP contribution in [0.4, 0.5) is 11.5 Å². The molecule has 6 aromatic rings. The fraction of sp³-hybridized carbons (Fsp3) is 0.0357. The zero-order valence-corrected chi connectivity index (χ0v) is 20.5. The molecule has 0 aliphatic rings. The molecule has 11 heteroatoms. The Morgan fingerprint density at radius 2 is 1.79 bits per heavy atom. The molecule has 0 fully saturated rings. The number of nitrogens with one attached hydrogen (secondary N) is 1. The highest BCUT2D eigenvalue weighted by molar-refractivity contribution is 6.04. The summed E-state index contributed by atoms with van der Waals surface area (Å²) in [4.78, 5) is 21.8. The number of nitrogen functional groups attached to an aromatic ring is 1. The molecule has 5 N–H and O–H groups in total. The number of para-hydroxylation sites is 1. The van der Waals surface area contributed by atoms with E-state index in [9.17, 15) is 4.79 Å². The van der Waals surface area contributed by atoms with Crippen LogP contribution < -0.4 is 21.5 Å². The second-order valence-electron chi connectivity index (χ2n) is 8.60. The summed E-state index contributed by atoms with van der Waals surface area (Å²) in [6.07, 6.45) is 1.61. The first-order valence-electron chi connectivity index (χ1n) is 12.0. The third-order valence-corrected chi connectivity index (χ3v) is 6.02. The molecule has 3 heterocycles. The van der Waals surface area contributed by atoms with Gasteiger partial charge in [-0.05, 0) is 52.3 Å². The summed E-state index contributed by atoms with van der Waals surface area (Å²) in [6.45, 7) is 0.417. The minimum Gasteiger partial charge on any atom is -0.439 e. The van der Waals surface area contributed by atoms with Crippen molar-refractivity contribution in [1.82, 2.24) is 24.8 Å². The molecule has 0 radical (unpaired) electrons. The Hall–Kier alpha value is -5.55. The smallest absolute Gasteiger partial charge is 0.255 e. The van der Waals surface area contributed by atoms with Crippen molar-refractivity contribution in [2.45, 2.75) is 6.54 Å². The highest BCUT2D eigenvalue weighted by Gasteiger charge is 2.21. The van der Waals surface area contributed by atoms with Gasteiger partial charge < -0.3 is 21.5 Å². The number of aromatic nitrogens is 5. The van der Waals surface area contributed by atoms with Crippen LogP contribution in [0, 0.1) is 0 Å². The quantitative estimate of drug-likeness (QED) is 0.275. The van der Waals surface area contributed by atoms with Gasteiger partial charge in [-0.2, -0.15) is 0 Å². The summed E-state index contributed by atoms with van der Waals surface area (Å²) in [6, 6.07) is 25.6. The number of carbonyl (C=O) groups excluding carboxylic acids is 1. The number of ether oxygens (including phenoxy) is 1. The lowest BCUT2D eigenvalue weighted by molar-refractivity contribution is 0.102. The second-order valence-corrected chi connectivity index (χ2v) is 8.60. The van der Waals surface area contributed by atoms with Gasteiger partial charge in [-0.1, -0.05) is 36.4 Å². The number of nitrogens with two attached hydrogens (primary N) is 2. The van der Waals surface area contributed by atoms with E-state index in [-0.39, 0.29) is 11.7 Å². The van der Waals surface area contributed by atoms with Crippen LogP contribution in [-0.4, -0.2) is 30.8 Å². The number of carbonyl (C=O) groups is 1. The van der Waals surface area contributed by atoms with Crippen molar-refractivity contribution in [2.24, 2.45) is 5.73 Å². The predicted octanol–water partition coefficient (Wildman–Crippen LogP) is 4.56. The van der Waals surface area contributed by atoms with Crippen LogP contribution in [0.25, 0.3) is 28.2 Å². The molecule has 6 rings (SSSR count). The number of benzene rings is 3. The average Bonchev–Trinajstić information content (AvgIpc) is 3.56. The zero-order valence-electron chi connectivity index (χ0n) is 20.5. The topological polar surface area (TPSA) is 160 Å². The average molecular weight is 519 g/mol. The number of fused-ring (bicyclic) bond motifs is 1. The van der Waals surface area contributed by atoms with Crippen molar-refractivity contribution in [1.29, 1.82) is 0 Å². The van der Waals surface area contributed by atoms with Crippen molar-refractivity contribution < 1.29 is 14.2 Å². The largest absolute Gasteiger partial charge is 0.439 e. The van der Waals surface area contributed by atoms with Gasteiger partial charge in [-0.3, -0.25) is 9.36 Å². The molecular formula is C28H22N8O3. The van der Waals surface area contributed by atoms with Gasteiger partial charge in [0.05, 0.1) is 11.7 Å². The summed E-state index contributed by atoms with van der Waals surface area (Å²) < 4.78 is 12.8. The number of rotatable bonds is 7. The number of anilines is 2. The molecule has 0 saturated carbocycles. The first-order chi connectivity index (χ1) is 19.1. The normalized spacial score (nSPS) is 11.0. The Bertz CT molecular complexity index is 1780. The number of hydrogen-bond acceptors (Lipinski definition) is 9. The third kappa shape index (κ3) is 4.77. The number of hydrogen-bond donors (Lipinski definition) is 3. The maximum absolute atomic E-state index is 12.7. The Morgan fingerprint density at radius 1 is 0.974 bits per heavy atom. The van der Waals surface area contributed by atoms with Crippen LogP contribution in [0.3, 0.4) is 0 Å². The number of amides is 1. The van der Waals surface area contributed by atoms with Crippen LogP contribution in [0.15, 0.2) is 95.8 Å². The van der Waals surface area contributed by atoms with E-state index in [0.717, 1.165) is 11.3 Å². The molecular weight excluding hydrogens is 496 g/mol. The minimum absolute atomic E-state index is 0.126. The molecule has 0 aliphatic heterocycles. The number of imidazole rings is 1. The zero-order chi connectivity index (χ0) is 26.8. The molecule has 192 valence electrons. The van der Waals surface area contributed by atoms with Crippen molar-refractivity contribution >= 4 is 28.4 Å². The van der Waals surface area contributed by atoms with Crippen molar-refractivity contribution in [3.63, 3.8) is 0 Å². The first kappa shape index (κ1) is 23.8. The lowest BCUT2D eigenvalue weighted by atomic mass is 10.1. The van der Waals surface area contributed by atoms with E-state index in [1.807, 2.05) is 47.0 Å². The predicted molar refractivity (Wildman–Crippen MR) is 145 cm³/mol. The number of pyridine rings is 1. The Morgan fingerprint density at radius 3 is 2.54 bits per heavy atom. The van der Waals surface area contributed by atoms with Gasteiger partial charge in [-0.25, -0.2) is 14.6 Å². The van der Waals surface area contributed by atoms with Gasteiger partial charge in [-0.15, -0.1) is 0 Å². The van der Waals surface area contributed by atoms with Crippen LogP contribution in [-0.2, 0) is 6.54 Å². The standard InChI is InChI=1S/C28H22N8O3/c29-15-17-9-11-18(12-10-17)28(37)32-19-5-4-8-21(13-19)38-24-14-23-22(16-31-24)33-27(25-26(30)35-39-34-25)36(23)20-6-2-1-3-7-20/h1-14,16H,15,29H2,(H2,30,35)(H,32,37). The monoisotopic (exact) mass is 518 g/mol. The van der Waals surface area contributed by atoms with Crippen molar-refractivity contribution in [3.05, 3.63) is 102 Å². The lowest BCUT2D eigenvalue weighted by Crippen LogP contribution is -2.12. The number of nitrogens with zero attached hydrogens (tertiary/aromatic N) is 5. The first-order valence-corrected chi connectivity index (χ1v) is 12.0. The SMILES string of the molecule is NCc1ccc(C(=O)Nc2cccc(Oc3cc4c(cn3)nc(-c3nonc3N)n4-c3ccccc3)c2)cc1. The molecule has 0 bridgehead atoms. The fourth-order valence-corrected chi connectivity index (χ4v) is 4.12. The molecule has 11 nitrogen and oxygen atoms in total. The van der Waals surface area contributed by atoms with E-state index in [2.05, 4.69) is 25.6 Å². The fourth-order valence-electron chi connectivity index (χ4n) is 4.12. The van der Waals surface area contributed by atoms with E-state index in [0.29, 0.717) is 52.0 Å². The van der Waals surface area contributed by atoms with E-state index in [1.54, 1.807) is 48.7 Å². The van der Waals surface area contributed by atoms with Gasteiger partial charge in [0.25, 0.3) is 5.91 Å². The maximum Gasteiger partial charge on any atom is 0.255 e. The molecule has 0 spiro atoms. The van der Waals surface area contributed by atoms with Gasteiger partial charge in [0, 0.05) is 35.6 Å². The van der Waals surface area contributed by atoms with Crippen LogP contribution in [0.2, 0.25) is 0 Å². The minimum atomic E-state index is -0.240. The molecule has 3 aromatic heterocycles. The van der Waals surface area contributed by atoms with Crippen molar-refractivity contribution in [3.8, 4) is 28.8 Å². The van der Waals surface area contributed by atoms with Gasteiger partial charge in [0.15, 0.2) is 17.3 Å². The molecule has 0 atom stereocenters. The van der Waals surface area contributed by atoms with Crippen LogP contribution in [0.1, 0.15) is 15.9 Å².